The maximum absolute atomic E-state index is 12.2. The molecule has 2 aliphatic carbocycles. The van der Waals surface area contributed by atoms with Crippen LogP contribution in [0.1, 0.15) is 58.8 Å². The van der Waals surface area contributed by atoms with Gasteiger partial charge in [-0.1, -0.05) is 6.42 Å². The summed E-state index contributed by atoms with van der Waals surface area (Å²) >= 11 is 0. The first-order valence-electron chi connectivity index (χ1n) is 8.67. The quantitative estimate of drug-likeness (QED) is 0.629. The number of nitrogens with zero attached hydrogens (tertiary/aromatic N) is 1. The third-order valence-electron chi connectivity index (χ3n) is 4.84. The summed E-state index contributed by atoms with van der Waals surface area (Å²) in [5.41, 5.74) is -0.505. The minimum Gasteiger partial charge on any atom is -0.465 e. The Morgan fingerprint density at radius 1 is 1.33 bits per heavy atom. The van der Waals surface area contributed by atoms with Gasteiger partial charge in [0.05, 0.1) is 6.61 Å². The van der Waals surface area contributed by atoms with E-state index in [-0.39, 0.29) is 5.97 Å². The van der Waals surface area contributed by atoms with E-state index in [1.54, 1.807) is 0 Å². The summed E-state index contributed by atoms with van der Waals surface area (Å²) in [7, 11) is 2.20. The van der Waals surface area contributed by atoms with Gasteiger partial charge in [-0.2, -0.15) is 0 Å². The van der Waals surface area contributed by atoms with Gasteiger partial charge in [-0.05, 0) is 71.9 Å². The zero-order valence-corrected chi connectivity index (χ0v) is 14.0. The van der Waals surface area contributed by atoms with Crippen molar-refractivity contribution in [1.29, 1.82) is 0 Å². The minimum atomic E-state index is -0.505. The average molecular weight is 296 g/mol. The van der Waals surface area contributed by atoms with Crippen molar-refractivity contribution in [3.63, 3.8) is 0 Å². The molecule has 21 heavy (non-hydrogen) atoms. The van der Waals surface area contributed by atoms with Gasteiger partial charge in [0.15, 0.2) is 0 Å². The number of nitrogens with one attached hydrogen (secondary N) is 1. The summed E-state index contributed by atoms with van der Waals surface area (Å²) in [6.45, 7) is 6.63. The third-order valence-corrected chi connectivity index (χ3v) is 4.84. The SMILES string of the molecule is CCOC(=O)C(C)(CCCN(C)CC1CCC1)NC1CC1. The molecule has 2 saturated carbocycles. The summed E-state index contributed by atoms with van der Waals surface area (Å²) in [6.07, 6.45) is 8.48. The zero-order chi connectivity index (χ0) is 15.3. The van der Waals surface area contributed by atoms with Crippen LogP contribution in [0.4, 0.5) is 0 Å². The highest BCUT2D eigenvalue weighted by Gasteiger charge is 2.39. The van der Waals surface area contributed by atoms with E-state index >= 15 is 0 Å². The fraction of sp³-hybridized carbons (Fsp3) is 0.941. The monoisotopic (exact) mass is 296 g/mol. The van der Waals surface area contributed by atoms with Crippen LogP contribution in [0.25, 0.3) is 0 Å². The van der Waals surface area contributed by atoms with Crippen molar-refractivity contribution in [2.75, 3.05) is 26.7 Å². The number of carbonyl (C=O) groups is 1. The molecule has 1 N–H and O–H groups in total. The number of carbonyl (C=O) groups excluding carboxylic acids is 1. The fourth-order valence-corrected chi connectivity index (χ4v) is 3.11. The molecule has 0 saturated heterocycles. The lowest BCUT2D eigenvalue weighted by Gasteiger charge is -2.32. The molecular weight excluding hydrogens is 264 g/mol. The molecule has 0 radical (unpaired) electrons. The van der Waals surface area contributed by atoms with E-state index in [9.17, 15) is 4.79 Å². The second-order valence-electron chi connectivity index (χ2n) is 7.13. The van der Waals surface area contributed by atoms with Gasteiger partial charge in [-0.25, -0.2) is 0 Å². The minimum absolute atomic E-state index is 0.0847. The molecule has 1 atom stereocenters. The van der Waals surface area contributed by atoms with E-state index < -0.39 is 5.54 Å². The second-order valence-corrected chi connectivity index (χ2v) is 7.13. The Labute approximate surface area is 129 Å². The molecule has 0 amide bonds. The Kier molecular flexibility index (Phi) is 6.06. The maximum atomic E-state index is 12.2. The predicted octanol–water partition coefficient (Wildman–Crippen LogP) is 2.57. The Morgan fingerprint density at radius 2 is 2.05 bits per heavy atom. The molecule has 0 aromatic carbocycles. The molecule has 0 heterocycles. The molecule has 0 aromatic rings. The summed E-state index contributed by atoms with van der Waals surface area (Å²) in [5.74, 6) is 0.828. The van der Waals surface area contributed by atoms with Crippen LogP contribution in [0, 0.1) is 5.92 Å². The molecule has 4 nitrogen and oxygen atoms in total. The predicted molar refractivity (Wildman–Crippen MR) is 85.3 cm³/mol. The molecule has 0 spiro atoms. The van der Waals surface area contributed by atoms with E-state index in [0.717, 1.165) is 25.3 Å². The second kappa shape index (κ2) is 7.59. The van der Waals surface area contributed by atoms with Gasteiger partial charge in [-0.3, -0.25) is 10.1 Å². The fourth-order valence-electron chi connectivity index (χ4n) is 3.11. The summed E-state index contributed by atoms with van der Waals surface area (Å²) in [6, 6.07) is 0.520. The zero-order valence-electron chi connectivity index (χ0n) is 14.0. The molecule has 4 heteroatoms. The molecule has 1 unspecified atom stereocenters. The van der Waals surface area contributed by atoms with Gasteiger partial charge in [0.2, 0.25) is 0 Å². The van der Waals surface area contributed by atoms with Crippen LogP contribution >= 0.6 is 0 Å². The molecule has 0 bridgehead atoms. The molecular formula is C17H32N2O2. The van der Waals surface area contributed by atoms with Crippen molar-refractivity contribution in [3.8, 4) is 0 Å². The van der Waals surface area contributed by atoms with Crippen LogP contribution in [0.5, 0.6) is 0 Å². The lowest BCUT2D eigenvalue weighted by Crippen LogP contribution is -2.51. The van der Waals surface area contributed by atoms with E-state index in [1.165, 1.54) is 38.6 Å². The van der Waals surface area contributed by atoms with Crippen LogP contribution in [-0.4, -0.2) is 49.2 Å². The van der Waals surface area contributed by atoms with Crippen molar-refractivity contribution >= 4 is 5.97 Å². The van der Waals surface area contributed by atoms with Crippen molar-refractivity contribution in [2.45, 2.75) is 70.4 Å². The number of hydrogen-bond acceptors (Lipinski definition) is 4. The number of esters is 1. The lowest BCUT2D eigenvalue weighted by molar-refractivity contribution is -0.151. The van der Waals surface area contributed by atoms with Gasteiger partial charge in [-0.15, -0.1) is 0 Å². The third kappa shape index (κ3) is 5.26. The summed E-state index contributed by atoms with van der Waals surface area (Å²) in [5, 5.41) is 3.50. The van der Waals surface area contributed by atoms with E-state index in [1.807, 2.05) is 13.8 Å². The van der Waals surface area contributed by atoms with E-state index in [2.05, 4.69) is 17.3 Å². The highest BCUT2D eigenvalue weighted by Crippen LogP contribution is 2.28. The highest BCUT2D eigenvalue weighted by atomic mass is 16.5. The molecule has 0 aromatic heterocycles. The van der Waals surface area contributed by atoms with Crippen LogP contribution in [-0.2, 0) is 9.53 Å². The Balaban J connectivity index is 1.73. The Hall–Kier alpha value is -0.610. The molecule has 2 rings (SSSR count). The smallest absolute Gasteiger partial charge is 0.326 e. The number of hydrogen-bond donors (Lipinski definition) is 1. The topological polar surface area (TPSA) is 41.6 Å². The van der Waals surface area contributed by atoms with Gasteiger partial charge in [0.25, 0.3) is 0 Å². The molecule has 2 aliphatic rings. The van der Waals surface area contributed by atoms with E-state index in [0.29, 0.717) is 12.6 Å². The van der Waals surface area contributed by atoms with Crippen LogP contribution in [0.3, 0.4) is 0 Å². The first-order chi connectivity index (χ1) is 10.0. The van der Waals surface area contributed by atoms with Crippen LogP contribution in [0.15, 0.2) is 0 Å². The average Bonchev–Trinajstić information content (AvgIpc) is 3.18. The first kappa shape index (κ1) is 16.8. The van der Waals surface area contributed by atoms with Crippen molar-refractivity contribution in [2.24, 2.45) is 5.92 Å². The Bertz CT molecular complexity index is 340. The lowest BCUT2D eigenvalue weighted by atomic mass is 9.85. The molecule has 122 valence electrons. The van der Waals surface area contributed by atoms with Crippen molar-refractivity contribution in [1.82, 2.24) is 10.2 Å². The van der Waals surface area contributed by atoms with Crippen LogP contribution < -0.4 is 5.32 Å². The van der Waals surface area contributed by atoms with Gasteiger partial charge in [0, 0.05) is 12.6 Å². The Morgan fingerprint density at radius 3 is 2.57 bits per heavy atom. The standard InChI is InChI=1S/C17H32N2O2/c1-4-21-16(20)17(2,18-15-9-10-15)11-6-12-19(3)13-14-7-5-8-14/h14-15,18H,4-13H2,1-3H3. The van der Waals surface area contributed by atoms with Gasteiger partial charge < -0.3 is 9.64 Å². The van der Waals surface area contributed by atoms with Crippen molar-refractivity contribution in [3.05, 3.63) is 0 Å². The van der Waals surface area contributed by atoms with E-state index in [4.69, 9.17) is 4.74 Å². The van der Waals surface area contributed by atoms with Crippen molar-refractivity contribution < 1.29 is 9.53 Å². The van der Waals surface area contributed by atoms with Gasteiger partial charge >= 0.3 is 5.97 Å². The largest absolute Gasteiger partial charge is 0.465 e. The first-order valence-corrected chi connectivity index (χ1v) is 8.67. The molecule has 0 aliphatic heterocycles. The van der Waals surface area contributed by atoms with Crippen LogP contribution in [0.2, 0.25) is 0 Å². The maximum Gasteiger partial charge on any atom is 0.326 e. The highest BCUT2D eigenvalue weighted by molar-refractivity contribution is 5.80. The number of rotatable bonds is 10. The number of ether oxygens (including phenoxy) is 1. The molecule has 2 fully saturated rings. The summed E-state index contributed by atoms with van der Waals surface area (Å²) in [4.78, 5) is 14.7. The summed E-state index contributed by atoms with van der Waals surface area (Å²) < 4.78 is 5.27. The van der Waals surface area contributed by atoms with Gasteiger partial charge in [0.1, 0.15) is 5.54 Å². The normalized spacial score (nSPS) is 21.9.